The summed E-state index contributed by atoms with van der Waals surface area (Å²) in [6.45, 7) is 0. The number of fused-ring (bicyclic) bond motifs is 1. The molecule has 1 heterocycles. The lowest BCUT2D eigenvalue weighted by molar-refractivity contribution is -0.142. The van der Waals surface area contributed by atoms with Gasteiger partial charge in [-0.2, -0.15) is 0 Å². The predicted molar refractivity (Wildman–Crippen MR) is 72.0 cm³/mol. The number of methoxy groups -OCH3 is 1. The van der Waals surface area contributed by atoms with Crippen molar-refractivity contribution >= 4 is 40.1 Å². The number of hydrogen-bond donors (Lipinski definition) is 2. The van der Waals surface area contributed by atoms with E-state index in [1.165, 1.54) is 7.11 Å². The topological polar surface area (TPSA) is 68.1 Å². The van der Waals surface area contributed by atoms with Crippen molar-refractivity contribution in [1.82, 2.24) is 4.98 Å². The van der Waals surface area contributed by atoms with Gasteiger partial charge >= 0.3 is 5.97 Å². The molecule has 0 radical (unpaired) electrons. The fraction of sp³-hybridized carbons (Fsp3) is 0.250. The summed E-state index contributed by atoms with van der Waals surface area (Å²) in [5, 5.41) is 1.94. The molecule has 0 saturated carbocycles. The van der Waals surface area contributed by atoms with Crippen molar-refractivity contribution in [2.45, 2.75) is 12.5 Å². The molecule has 18 heavy (non-hydrogen) atoms. The molecule has 1 aromatic heterocycles. The molecule has 0 amide bonds. The van der Waals surface area contributed by atoms with Crippen LogP contribution in [0.4, 0.5) is 0 Å². The highest BCUT2D eigenvalue weighted by Gasteiger charge is 2.18. The first-order chi connectivity index (χ1) is 8.54. The van der Waals surface area contributed by atoms with Crippen LogP contribution in [-0.4, -0.2) is 24.1 Å². The molecular weight excluding hydrogens is 275 g/mol. The first-order valence-electron chi connectivity index (χ1n) is 5.32. The van der Waals surface area contributed by atoms with Gasteiger partial charge in [-0.25, -0.2) is 0 Å². The van der Waals surface area contributed by atoms with Crippen molar-refractivity contribution in [2.24, 2.45) is 5.73 Å². The molecule has 1 atom stereocenters. The summed E-state index contributed by atoms with van der Waals surface area (Å²) in [5.74, 6) is -0.456. The molecule has 6 heteroatoms. The number of aromatic amines is 1. The van der Waals surface area contributed by atoms with Gasteiger partial charge in [0, 0.05) is 18.0 Å². The molecule has 2 aromatic rings. The van der Waals surface area contributed by atoms with Crippen LogP contribution in [0, 0.1) is 0 Å². The van der Waals surface area contributed by atoms with Gasteiger partial charge in [0.05, 0.1) is 22.7 Å². The van der Waals surface area contributed by atoms with Gasteiger partial charge in [0.25, 0.3) is 0 Å². The van der Waals surface area contributed by atoms with Crippen molar-refractivity contribution in [3.8, 4) is 0 Å². The lowest BCUT2D eigenvalue weighted by Gasteiger charge is -2.08. The Bertz CT molecular complexity index is 595. The zero-order valence-electron chi connectivity index (χ0n) is 9.67. The number of carbonyl (C=O) groups is 1. The minimum atomic E-state index is -0.718. The summed E-state index contributed by atoms with van der Waals surface area (Å²) < 4.78 is 4.59. The maximum absolute atomic E-state index is 11.3. The molecule has 1 unspecified atom stereocenters. The number of benzene rings is 1. The largest absolute Gasteiger partial charge is 0.468 e. The maximum Gasteiger partial charge on any atom is 0.322 e. The van der Waals surface area contributed by atoms with Crippen molar-refractivity contribution in [3.05, 3.63) is 33.9 Å². The Morgan fingerprint density at radius 3 is 2.78 bits per heavy atom. The van der Waals surface area contributed by atoms with Gasteiger partial charge < -0.3 is 15.5 Å². The summed E-state index contributed by atoms with van der Waals surface area (Å²) in [6, 6.07) is 2.71. The first-order valence-corrected chi connectivity index (χ1v) is 6.07. The van der Waals surface area contributed by atoms with E-state index in [-0.39, 0.29) is 0 Å². The van der Waals surface area contributed by atoms with Gasteiger partial charge in [0.15, 0.2) is 0 Å². The molecule has 3 N–H and O–H groups in total. The number of H-pyrrole nitrogens is 1. The van der Waals surface area contributed by atoms with Gasteiger partial charge in [0.2, 0.25) is 0 Å². The number of nitrogens with two attached hydrogens (primary N) is 1. The summed E-state index contributed by atoms with van der Waals surface area (Å²) in [5.41, 5.74) is 7.32. The number of halogens is 2. The normalized spacial score (nSPS) is 12.7. The highest BCUT2D eigenvalue weighted by molar-refractivity contribution is 6.40. The second-order valence-electron chi connectivity index (χ2n) is 3.93. The van der Waals surface area contributed by atoms with E-state index < -0.39 is 12.0 Å². The minimum Gasteiger partial charge on any atom is -0.468 e. The second-order valence-corrected chi connectivity index (χ2v) is 4.74. The van der Waals surface area contributed by atoms with E-state index in [0.29, 0.717) is 16.5 Å². The summed E-state index contributed by atoms with van der Waals surface area (Å²) >= 11 is 12.2. The standard InChI is InChI=1S/C12H12Cl2N2O2/c1-18-12(17)9(15)4-6-5-16-11-8(14)3-2-7(13)10(6)11/h2-3,5,9,16H,4,15H2,1H3. The Labute approximate surface area is 114 Å². The number of esters is 1. The van der Waals surface area contributed by atoms with E-state index in [9.17, 15) is 4.79 Å². The second kappa shape index (κ2) is 5.18. The Morgan fingerprint density at radius 1 is 1.44 bits per heavy atom. The molecule has 0 bridgehead atoms. The lowest BCUT2D eigenvalue weighted by atomic mass is 10.1. The van der Waals surface area contributed by atoms with E-state index in [4.69, 9.17) is 28.9 Å². The number of hydrogen-bond acceptors (Lipinski definition) is 3. The van der Waals surface area contributed by atoms with E-state index in [0.717, 1.165) is 16.5 Å². The Morgan fingerprint density at radius 2 is 2.11 bits per heavy atom. The van der Waals surface area contributed by atoms with Crippen LogP contribution < -0.4 is 5.73 Å². The monoisotopic (exact) mass is 286 g/mol. The van der Waals surface area contributed by atoms with Crippen LogP contribution >= 0.6 is 23.2 Å². The van der Waals surface area contributed by atoms with E-state index in [1.807, 2.05) is 0 Å². The van der Waals surface area contributed by atoms with E-state index in [1.54, 1.807) is 18.3 Å². The number of carbonyl (C=O) groups excluding carboxylic acids is 1. The van der Waals surface area contributed by atoms with Crippen molar-refractivity contribution < 1.29 is 9.53 Å². The van der Waals surface area contributed by atoms with Crippen LogP contribution in [0.1, 0.15) is 5.56 Å². The smallest absolute Gasteiger partial charge is 0.322 e. The molecule has 0 aliphatic carbocycles. The molecule has 0 fully saturated rings. The quantitative estimate of drug-likeness (QED) is 0.852. The molecule has 0 spiro atoms. The molecule has 1 aromatic carbocycles. The SMILES string of the molecule is COC(=O)C(N)Cc1c[nH]c2c(Cl)ccc(Cl)c12. The van der Waals surface area contributed by atoms with Crippen molar-refractivity contribution in [3.63, 3.8) is 0 Å². The lowest BCUT2D eigenvalue weighted by Crippen LogP contribution is -2.33. The summed E-state index contributed by atoms with van der Waals surface area (Å²) in [4.78, 5) is 14.3. The third-order valence-corrected chi connectivity index (χ3v) is 3.39. The first kappa shape index (κ1) is 13.2. The van der Waals surface area contributed by atoms with Crippen LogP contribution in [0.25, 0.3) is 10.9 Å². The number of rotatable bonds is 3. The summed E-state index contributed by atoms with van der Waals surface area (Å²) in [6.07, 6.45) is 2.10. The molecule has 0 aliphatic heterocycles. The molecule has 2 rings (SSSR count). The number of ether oxygens (including phenoxy) is 1. The van der Waals surface area contributed by atoms with Crippen LogP contribution in [0.15, 0.2) is 18.3 Å². The molecule has 0 saturated heterocycles. The van der Waals surface area contributed by atoms with Crippen LogP contribution in [0.5, 0.6) is 0 Å². The van der Waals surface area contributed by atoms with Gasteiger partial charge in [0.1, 0.15) is 6.04 Å². The van der Waals surface area contributed by atoms with Gasteiger partial charge in [-0.05, 0) is 17.7 Å². The average molecular weight is 287 g/mol. The third-order valence-electron chi connectivity index (χ3n) is 2.76. The fourth-order valence-corrected chi connectivity index (χ4v) is 2.36. The van der Waals surface area contributed by atoms with Gasteiger partial charge in [-0.1, -0.05) is 23.2 Å². The average Bonchev–Trinajstić information content (AvgIpc) is 2.78. The number of aromatic nitrogens is 1. The van der Waals surface area contributed by atoms with Crippen LogP contribution in [-0.2, 0) is 16.0 Å². The van der Waals surface area contributed by atoms with E-state index in [2.05, 4.69) is 9.72 Å². The minimum absolute atomic E-state index is 0.340. The predicted octanol–water partition coefficient (Wildman–Crippen LogP) is 2.52. The Kier molecular flexibility index (Phi) is 3.80. The van der Waals surface area contributed by atoms with E-state index >= 15 is 0 Å². The van der Waals surface area contributed by atoms with Crippen molar-refractivity contribution in [1.29, 1.82) is 0 Å². The molecular formula is C12H12Cl2N2O2. The third kappa shape index (κ3) is 2.32. The van der Waals surface area contributed by atoms with Crippen LogP contribution in [0.2, 0.25) is 10.0 Å². The molecule has 0 aliphatic rings. The van der Waals surface area contributed by atoms with Gasteiger partial charge in [-0.15, -0.1) is 0 Å². The molecule has 4 nitrogen and oxygen atoms in total. The van der Waals surface area contributed by atoms with Crippen molar-refractivity contribution in [2.75, 3.05) is 7.11 Å². The highest BCUT2D eigenvalue weighted by atomic mass is 35.5. The zero-order valence-corrected chi connectivity index (χ0v) is 11.2. The number of nitrogens with one attached hydrogen (secondary N) is 1. The van der Waals surface area contributed by atoms with Gasteiger partial charge in [-0.3, -0.25) is 4.79 Å². The fourth-order valence-electron chi connectivity index (χ4n) is 1.87. The highest BCUT2D eigenvalue weighted by Crippen LogP contribution is 2.32. The van der Waals surface area contributed by atoms with Crippen LogP contribution in [0.3, 0.4) is 0 Å². The maximum atomic E-state index is 11.3. The zero-order chi connectivity index (χ0) is 13.3. The molecule has 96 valence electrons. The summed E-state index contributed by atoms with van der Waals surface area (Å²) in [7, 11) is 1.31. The Balaban J connectivity index is 2.41. The Hall–Kier alpha value is -1.23.